The molecule has 5 heteroatoms. The molecule has 0 saturated carbocycles. The Morgan fingerprint density at radius 2 is 2.10 bits per heavy atom. The lowest BCUT2D eigenvalue weighted by atomic mass is 10.0. The largest absolute Gasteiger partial charge is 0.309 e. The topological polar surface area (TPSA) is 37.8 Å². The minimum atomic E-state index is -0.198. The lowest BCUT2D eigenvalue weighted by Crippen LogP contribution is -2.24. The molecule has 1 aromatic heterocycles. The zero-order valence-electron chi connectivity index (χ0n) is 11.5. The van der Waals surface area contributed by atoms with Crippen LogP contribution >= 0.6 is 15.9 Å². The fraction of sp³-hybridized carbons (Fsp3) is 0.333. The Hall–Kier alpha value is -1.33. The molecule has 0 bridgehead atoms. The van der Waals surface area contributed by atoms with Gasteiger partial charge in [-0.05, 0) is 43.7 Å². The third kappa shape index (κ3) is 3.84. The summed E-state index contributed by atoms with van der Waals surface area (Å²) in [6, 6.07) is 4.94. The lowest BCUT2D eigenvalue weighted by molar-refractivity contribution is 0.515. The van der Waals surface area contributed by atoms with E-state index in [4.69, 9.17) is 0 Å². The molecule has 2 rings (SSSR count). The number of aryl methyl sites for hydroxylation is 1. The summed E-state index contributed by atoms with van der Waals surface area (Å²) in [5.74, 6) is -0.198. The van der Waals surface area contributed by atoms with E-state index in [-0.39, 0.29) is 11.9 Å². The van der Waals surface area contributed by atoms with E-state index in [1.54, 1.807) is 24.5 Å². The summed E-state index contributed by atoms with van der Waals surface area (Å²) in [5, 5.41) is 3.33. The Labute approximate surface area is 126 Å². The third-order valence-corrected chi connectivity index (χ3v) is 3.53. The normalized spacial score (nSPS) is 12.4. The summed E-state index contributed by atoms with van der Waals surface area (Å²) in [7, 11) is 0. The summed E-state index contributed by atoms with van der Waals surface area (Å²) in [5.41, 5.74) is 2.36. The van der Waals surface area contributed by atoms with Crippen molar-refractivity contribution >= 4 is 15.9 Å². The molecule has 1 unspecified atom stereocenters. The van der Waals surface area contributed by atoms with Crippen molar-refractivity contribution in [1.82, 2.24) is 15.3 Å². The first-order valence-electron chi connectivity index (χ1n) is 6.56. The Morgan fingerprint density at radius 3 is 2.75 bits per heavy atom. The van der Waals surface area contributed by atoms with Crippen LogP contribution in [0.5, 0.6) is 0 Å². The number of rotatable bonds is 5. The van der Waals surface area contributed by atoms with E-state index in [0.717, 1.165) is 22.4 Å². The maximum atomic E-state index is 13.9. The fourth-order valence-corrected chi connectivity index (χ4v) is 2.44. The van der Waals surface area contributed by atoms with Gasteiger partial charge in [0, 0.05) is 10.7 Å². The Morgan fingerprint density at radius 1 is 1.30 bits per heavy atom. The maximum absolute atomic E-state index is 13.9. The molecule has 1 atom stereocenters. The average molecular weight is 338 g/mol. The molecule has 2 aromatic rings. The van der Waals surface area contributed by atoms with Gasteiger partial charge in [-0.25, -0.2) is 4.39 Å². The molecule has 0 radical (unpaired) electrons. The number of likely N-dealkylation sites (N-methyl/N-ethyl adjacent to an activating group) is 1. The second-order valence-electron chi connectivity index (χ2n) is 4.63. The van der Waals surface area contributed by atoms with Crippen molar-refractivity contribution in [3.8, 4) is 0 Å². The number of hydrogen-bond acceptors (Lipinski definition) is 3. The highest BCUT2D eigenvalue weighted by atomic mass is 79.9. The first-order valence-corrected chi connectivity index (χ1v) is 7.35. The van der Waals surface area contributed by atoms with E-state index < -0.39 is 0 Å². The van der Waals surface area contributed by atoms with Crippen molar-refractivity contribution in [2.75, 3.05) is 6.54 Å². The van der Waals surface area contributed by atoms with E-state index in [0.29, 0.717) is 12.0 Å². The summed E-state index contributed by atoms with van der Waals surface area (Å²) in [4.78, 5) is 8.64. The average Bonchev–Trinajstić information content (AvgIpc) is 2.43. The van der Waals surface area contributed by atoms with Crippen LogP contribution in [0.2, 0.25) is 0 Å². The Kier molecular flexibility index (Phi) is 5.20. The SMILES string of the molecule is CCNC(Cc1cc(Br)ccc1F)c1cnc(C)cn1. The predicted octanol–water partition coefficient (Wildman–Crippen LogP) is 3.58. The molecule has 20 heavy (non-hydrogen) atoms. The Bertz CT molecular complexity index is 572. The molecular formula is C15H17BrFN3. The number of nitrogens with one attached hydrogen (secondary N) is 1. The van der Waals surface area contributed by atoms with Crippen LogP contribution < -0.4 is 5.32 Å². The molecule has 1 heterocycles. The van der Waals surface area contributed by atoms with Crippen molar-refractivity contribution in [2.45, 2.75) is 26.3 Å². The number of benzene rings is 1. The van der Waals surface area contributed by atoms with Gasteiger partial charge in [0.1, 0.15) is 5.82 Å². The quantitative estimate of drug-likeness (QED) is 0.906. The van der Waals surface area contributed by atoms with Gasteiger partial charge in [-0.3, -0.25) is 9.97 Å². The Balaban J connectivity index is 2.25. The van der Waals surface area contributed by atoms with Gasteiger partial charge in [-0.15, -0.1) is 0 Å². The van der Waals surface area contributed by atoms with E-state index in [9.17, 15) is 4.39 Å². The van der Waals surface area contributed by atoms with Crippen molar-refractivity contribution in [3.63, 3.8) is 0 Å². The highest BCUT2D eigenvalue weighted by Crippen LogP contribution is 2.21. The molecule has 0 aliphatic rings. The van der Waals surface area contributed by atoms with Crippen LogP contribution in [0, 0.1) is 12.7 Å². The van der Waals surface area contributed by atoms with Crippen molar-refractivity contribution in [3.05, 3.63) is 57.8 Å². The maximum Gasteiger partial charge on any atom is 0.126 e. The third-order valence-electron chi connectivity index (χ3n) is 3.04. The fourth-order valence-electron chi connectivity index (χ4n) is 2.03. The summed E-state index contributed by atoms with van der Waals surface area (Å²) < 4.78 is 14.7. The van der Waals surface area contributed by atoms with Crippen molar-refractivity contribution < 1.29 is 4.39 Å². The van der Waals surface area contributed by atoms with Gasteiger partial charge in [0.2, 0.25) is 0 Å². The first kappa shape index (κ1) is 15.1. The minimum absolute atomic E-state index is 0.0445. The molecule has 0 spiro atoms. The van der Waals surface area contributed by atoms with E-state index in [2.05, 4.69) is 31.2 Å². The molecule has 0 saturated heterocycles. The van der Waals surface area contributed by atoms with Gasteiger partial charge >= 0.3 is 0 Å². The minimum Gasteiger partial charge on any atom is -0.309 e. The smallest absolute Gasteiger partial charge is 0.126 e. The zero-order valence-corrected chi connectivity index (χ0v) is 13.1. The summed E-state index contributed by atoms with van der Waals surface area (Å²) >= 11 is 3.38. The highest BCUT2D eigenvalue weighted by molar-refractivity contribution is 9.10. The monoisotopic (exact) mass is 337 g/mol. The molecule has 106 valence electrons. The summed E-state index contributed by atoms with van der Waals surface area (Å²) in [6.45, 7) is 4.70. The number of nitrogens with zero attached hydrogens (tertiary/aromatic N) is 2. The van der Waals surface area contributed by atoms with Gasteiger partial charge in [-0.1, -0.05) is 22.9 Å². The molecular weight excluding hydrogens is 321 g/mol. The van der Waals surface area contributed by atoms with E-state index in [1.165, 1.54) is 6.07 Å². The zero-order chi connectivity index (χ0) is 14.5. The standard InChI is InChI=1S/C15H17BrFN3/c1-3-18-14(15-9-19-10(2)8-20-15)7-11-6-12(16)4-5-13(11)17/h4-6,8-9,14,18H,3,7H2,1-2H3. The number of aromatic nitrogens is 2. The van der Waals surface area contributed by atoms with Gasteiger partial charge in [0.15, 0.2) is 0 Å². The van der Waals surface area contributed by atoms with Gasteiger partial charge in [0.25, 0.3) is 0 Å². The van der Waals surface area contributed by atoms with Crippen LogP contribution in [0.4, 0.5) is 4.39 Å². The van der Waals surface area contributed by atoms with Crippen LogP contribution in [0.25, 0.3) is 0 Å². The van der Waals surface area contributed by atoms with E-state index >= 15 is 0 Å². The molecule has 0 aliphatic carbocycles. The van der Waals surface area contributed by atoms with Crippen LogP contribution in [-0.4, -0.2) is 16.5 Å². The molecule has 0 fully saturated rings. The molecule has 0 amide bonds. The van der Waals surface area contributed by atoms with Crippen LogP contribution in [0.15, 0.2) is 35.1 Å². The van der Waals surface area contributed by atoms with Crippen LogP contribution in [0.1, 0.15) is 29.9 Å². The number of halogens is 2. The second kappa shape index (κ2) is 6.90. The van der Waals surface area contributed by atoms with Crippen LogP contribution in [0.3, 0.4) is 0 Å². The molecule has 3 nitrogen and oxygen atoms in total. The molecule has 0 aliphatic heterocycles. The van der Waals surface area contributed by atoms with Gasteiger partial charge in [-0.2, -0.15) is 0 Å². The molecule has 1 N–H and O–H groups in total. The van der Waals surface area contributed by atoms with Crippen LogP contribution in [-0.2, 0) is 6.42 Å². The highest BCUT2D eigenvalue weighted by Gasteiger charge is 2.15. The van der Waals surface area contributed by atoms with E-state index in [1.807, 2.05) is 13.8 Å². The lowest BCUT2D eigenvalue weighted by Gasteiger charge is -2.17. The van der Waals surface area contributed by atoms with Gasteiger partial charge < -0.3 is 5.32 Å². The van der Waals surface area contributed by atoms with Gasteiger partial charge in [0.05, 0.1) is 23.6 Å². The first-order chi connectivity index (χ1) is 9.60. The second-order valence-corrected chi connectivity index (χ2v) is 5.55. The van der Waals surface area contributed by atoms with Crippen molar-refractivity contribution in [1.29, 1.82) is 0 Å². The molecule has 1 aromatic carbocycles. The number of hydrogen-bond donors (Lipinski definition) is 1. The summed E-state index contributed by atoms with van der Waals surface area (Å²) in [6.07, 6.45) is 4.02. The predicted molar refractivity (Wildman–Crippen MR) is 81.0 cm³/mol. The van der Waals surface area contributed by atoms with Crippen molar-refractivity contribution in [2.24, 2.45) is 0 Å².